The number of para-hydroxylation sites is 1. The van der Waals surface area contributed by atoms with E-state index in [1.165, 1.54) is 6.07 Å². The largest absolute Gasteiger partial charge is 0.384 e. The van der Waals surface area contributed by atoms with Crippen molar-refractivity contribution in [3.05, 3.63) is 65.3 Å². The molecule has 0 unspecified atom stereocenters. The van der Waals surface area contributed by atoms with Crippen LogP contribution in [0.4, 0.5) is 22.0 Å². The summed E-state index contributed by atoms with van der Waals surface area (Å²) in [5.74, 6) is 0.139. The van der Waals surface area contributed by atoms with Gasteiger partial charge in [0, 0.05) is 23.6 Å². The number of aromatic nitrogens is 2. The standard InChI is InChI=1S/C19H18ClN5O3S/c1-29(27,28)11-14-10-17(21)25-18(22-14)12-7-8-16(15(20)9-12)24-19(26)23-13-5-3-2-4-6-13/h2-10H,11H2,1H3,(H2,21,22,25)(H2,23,24,26). The number of benzene rings is 2. The second kappa shape index (κ2) is 8.46. The lowest BCUT2D eigenvalue weighted by molar-refractivity contribution is 0.262. The first kappa shape index (κ1) is 20.6. The first-order valence-corrected chi connectivity index (χ1v) is 10.9. The van der Waals surface area contributed by atoms with Crippen molar-refractivity contribution in [2.24, 2.45) is 0 Å². The maximum absolute atomic E-state index is 12.1. The molecule has 0 saturated carbocycles. The molecule has 2 amide bonds. The first-order valence-electron chi connectivity index (χ1n) is 8.44. The van der Waals surface area contributed by atoms with Crippen molar-refractivity contribution in [1.29, 1.82) is 0 Å². The lowest BCUT2D eigenvalue weighted by Gasteiger charge is -2.11. The molecule has 3 rings (SSSR count). The molecule has 1 aromatic heterocycles. The van der Waals surface area contributed by atoms with Crippen LogP contribution >= 0.6 is 11.6 Å². The second-order valence-corrected chi connectivity index (χ2v) is 8.86. The van der Waals surface area contributed by atoms with E-state index in [9.17, 15) is 13.2 Å². The Kier molecular flexibility index (Phi) is 6.00. The number of hydrogen-bond donors (Lipinski definition) is 3. The Balaban J connectivity index is 1.80. The number of anilines is 3. The van der Waals surface area contributed by atoms with Crippen LogP contribution in [0, 0.1) is 0 Å². The summed E-state index contributed by atoms with van der Waals surface area (Å²) in [5, 5.41) is 5.62. The monoisotopic (exact) mass is 431 g/mol. The predicted molar refractivity (Wildman–Crippen MR) is 115 cm³/mol. The zero-order valence-corrected chi connectivity index (χ0v) is 17.0. The van der Waals surface area contributed by atoms with Crippen LogP contribution in [0.15, 0.2) is 54.6 Å². The number of nitrogens with two attached hydrogens (primary N) is 1. The number of carbonyl (C=O) groups excluding carboxylic acids is 1. The molecule has 0 fully saturated rings. The smallest absolute Gasteiger partial charge is 0.323 e. The topological polar surface area (TPSA) is 127 Å². The number of nitrogens with one attached hydrogen (secondary N) is 2. The third-order valence-electron chi connectivity index (χ3n) is 3.72. The lowest BCUT2D eigenvalue weighted by Crippen LogP contribution is -2.19. The van der Waals surface area contributed by atoms with Gasteiger partial charge in [-0.1, -0.05) is 29.8 Å². The summed E-state index contributed by atoms with van der Waals surface area (Å²) in [7, 11) is -3.27. The summed E-state index contributed by atoms with van der Waals surface area (Å²) < 4.78 is 23.0. The number of nitrogens with zero attached hydrogens (tertiary/aromatic N) is 2. The molecule has 1 heterocycles. The molecule has 3 aromatic rings. The average Bonchev–Trinajstić information content (AvgIpc) is 2.62. The molecule has 0 atom stereocenters. The number of nitrogen functional groups attached to an aromatic ring is 1. The quantitative estimate of drug-likeness (QED) is 0.566. The number of hydrogen-bond acceptors (Lipinski definition) is 6. The van der Waals surface area contributed by atoms with E-state index in [1.807, 2.05) is 6.07 Å². The van der Waals surface area contributed by atoms with Crippen LogP contribution in [-0.2, 0) is 15.6 Å². The molecule has 0 aliphatic carbocycles. The summed E-state index contributed by atoms with van der Waals surface area (Å²) in [4.78, 5) is 20.5. The molecular weight excluding hydrogens is 414 g/mol. The lowest BCUT2D eigenvalue weighted by atomic mass is 10.2. The van der Waals surface area contributed by atoms with Gasteiger partial charge in [0.1, 0.15) is 5.82 Å². The summed E-state index contributed by atoms with van der Waals surface area (Å²) in [5.41, 5.74) is 7.64. The van der Waals surface area contributed by atoms with E-state index < -0.39 is 15.9 Å². The van der Waals surface area contributed by atoms with Crippen molar-refractivity contribution in [2.75, 3.05) is 22.6 Å². The number of carbonyl (C=O) groups is 1. The SMILES string of the molecule is CS(=O)(=O)Cc1cc(N)nc(-c2ccc(NC(=O)Nc3ccccc3)c(Cl)c2)n1. The van der Waals surface area contributed by atoms with E-state index in [2.05, 4.69) is 20.6 Å². The Morgan fingerprint density at radius 1 is 1.07 bits per heavy atom. The van der Waals surface area contributed by atoms with Gasteiger partial charge in [0.15, 0.2) is 15.7 Å². The number of sulfone groups is 1. The highest BCUT2D eigenvalue weighted by Gasteiger charge is 2.13. The second-order valence-electron chi connectivity index (χ2n) is 6.32. The van der Waals surface area contributed by atoms with Crippen LogP contribution in [0.25, 0.3) is 11.4 Å². The van der Waals surface area contributed by atoms with E-state index in [4.69, 9.17) is 17.3 Å². The van der Waals surface area contributed by atoms with E-state index >= 15 is 0 Å². The molecule has 0 radical (unpaired) electrons. The first-order chi connectivity index (χ1) is 13.7. The molecule has 8 nitrogen and oxygen atoms in total. The third-order valence-corrected chi connectivity index (χ3v) is 4.85. The fourth-order valence-corrected chi connectivity index (χ4v) is 3.46. The zero-order chi connectivity index (χ0) is 21.0. The van der Waals surface area contributed by atoms with E-state index in [0.29, 0.717) is 16.9 Å². The Morgan fingerprint density at radius 2 is 1.79 bits per heavy atom. The maximum atomic E-state index is 12.1. The Hall–Kier alpha value is -3.17. The number of amides is 2. The predicted octanol–water partition coefficient (Wildman–Crippen LogP) is 3.57. The molecule has 29 heavy (non-hydrogen) atoms. The molecule has 4 N–H and O–H groups in total. The van der Waals surface area contributed by atoms with E-state index in [1.54, 1.807) is 42.5 Å². The van der Waals surface area contributed by atoms with Crippen LogP contribution in [0.5, 0.6) is 0 Å². The fourth-order valence-electron chi connectivity index (χ4n) is 2.55. The van der Waals surface area contributed by atoms with Gasteiger partial charge in [-0.3, -0.25) is 0 Å². The molecule has 150 valence electrons. The minimum absolute atomic E-state index is 0.147. The Labute approximate surface area is 173 Å². The Morgan fingerprint density at radius 3 is 2.45 bits per heavy atom. The van der Waals surface area contributed by atoms with Crippen molar-refractivity contribution in [3.8, 4) is 11.4 Å². The van der Waals surface area contributed by atoms with Gasteiger partial charge < -0.3 is 16.4 Å². The molecular formula is C19H18ClN5O3S. The van der Waals surface area contributed by atoms with Crippen molar-refractivity contribution < 1.29 is 13.2 Å². The average molecular weight is 432 g/mol. The van der Waals surface area contributed by atoms with E-state index in [0.717, 1.165) is 6.26 Å². The van der Waals surface area contributed by atoms with Crippen molar-refractivity contribution in [1.82, 2.24) is 9.97 Å². The third kappa shape index (κ3) is 5.90. The molecule has 2 aromatic carbocycles. The van der Waals surface area contributed by atoms with Crippen LogP contribution < -0.4 is 16.4 Å². The maximum Gasteiger partial charge on any atom is 0.323 e. The highest BCUT2D eigenvalue weighted by Crippen LogP contribution is 2.28. The van der Waals surface area contributed by atoms with Gasteiger partial charge in [-0.05, 0) is 30.3 Å². The normalized spacial score (nSPS) is 11.1. The van der Waals surface area contributed by atoms with Gasteiger partial charge in [0.2, 0.25) is 0 Å². The van der Waals surface area contributed by atoms with Crippen LogP contribution in [0.3, 0.4) is 0 Å². The molecule has 0 saturated heterocycles. The highest BCUT2D eigenvalue weighted by atomic mass is 35.5. The van der Waals surface area contributed by atoms with Crippen molar-refractivity contribution >= 4 is 44.7 Å². The van der Waals surface area contributed by atoms with Gasteiger partial charge in [0.25, 0.3) is 0 Å². The van der Waals surface area contributed by atoms with Crippen LogP contribution in [0.1, 0.15) is 5.69 Å². The van der Waals surface area contributed by atoms with Crippen LogP contribution in [-0.4, -0.2) is 30.7 Å². The summed E-state index contributed by atoms with van der Waals surface area (Å²) in [6.45, 7) is 0. The Bertz CT molecular complexity index is 1150. The van der Waals surface area contributed by atoms with Crippen molar-refractivity contribution in [3.63, 3.8) is 0 Å². The minimum Gasteiger partial charge on any atom is -0.384 e. The van der Waals surface area contributed by atoms with Gasteiger partial charge in [-0.25, -0.2) is 23.2 Å². The minimum atomic E-state index is -3.27. The van der Waals surface area contributed by atoms with Gasteiger partial charge in [-0.15, -0.1) is 0 Å². The van der Waals surface area contributed by atoms with Crippen molar-refractivity contribution in [2.45, 2.75) is 5.75 Å². The molecule has 0 aliphatic heterocycles. The van der Waals surface area contributed by atoms with Gasteiger partial charge in [0.05, 0.1) is 22.2 Å². The van der Waals surface area contributed by atoms with Gasteiger partial charge >= 0.3 is 6.03 Å². The molecule has 0 bridgehead atoms. The van der Waals surface area contributed by atoms with E-state index in [-0.39, 0.29) is 28.1 Å². The number of rotatable bonds is 5. The molecule has 0 spiro atoms. The van der Waals surface area contributed by atoms with Gasteiger partial charge in [-0.2, -0.15) is 0 Å². The zero-order valence-electron chi connectivity index (χ0n) is 15.4. The highest BCUT2D eigenvalue weighted by molar-refractivity contribution is 7.89. The molecule has 0 aliphatic rings. The number of halogens is 1. The summed E-state index contributed by atoms with van der Waals surface area (Å²) >= 11 is 6.29. The summed E-state index contributed by atoms with van der Waals surface area (Å²) in [6.07, 6.45) is 1.11. The summed E-state index contributed by atoms with van der Waals surface area (Å²) in [6, 6.07) is 14.8. The van der Waals surface area contributed by atoms with Crippen LogP contribution in [0.2, 0.25) is 5.02 Å². The fraction of sp³-hybridized carbons (Fsp3) is 0.105. The molecule has 10 heteroatoms. The number of urea groups is 1.